The number of nitrogens with zero attached hydrogens (tertiary/aromatic N) is 1. The molecule has 53 valence electrons. The maximum absolute atomic E-state index is 11.0. The van der Waals surface area contributed by atoms with Crippen molar-refractivity contribution in [2.24, 2.45) is 0 Å². The van der Waals surface area contributed by atoms with E-state index in [2.05, 4.69) is 6.07 Å². The molecule has 1 rings (SSSR count). The van der Waals surface area contributed by atoms with Crippen LogP contribution in [-0.2, 0) is 0 Å². The van der Waals surface area contributed by atoms with Gasteiger partial charge in [0, 0.05) is 18.3 Å². The summed E-state index contributed by atoms with van der Waals surface area (Å²) in [5.74, 6) is 0. The molecule has 0 atom stereocenters. The molecule has 2 nitrogen and oxygen atoms in total. The van der Waals surface area contributed by atoms with Crippen molar-refractivity contribution in [1.82, 2.24) is 4.57 Å². The van der Waals surface area contributed by atoms with Crippen LogP contribution in [0.25, 0.3) is 0 Å². The van der Waals surface area contributed by atoms with Gasteiger partial charge in [-0.2, -0.15) is 0 Å². The average Bonchev–Trinajstić information content (AvgIpc) is 1.88. The van der Waals surface area contributed by atoms with Gasteiger partial charge in [0.15, 0.2) is 0 Å². The minimum absolute atomic E-state index is 0.0359. The summed E-state index contributed by atoms with van der Waals surface area (Å²) in [6, 6.07) is 6.21. The zero-order valence-electron chi connectivity index (χ0n) is 6.16. The molecule has 0 amide bonds. The van der Waals surface area contributed by atoms with Crippen LogP contribution in [0.4, 0.5) is 0 Å². The monoisotopic (exact) mass is 136 g/mol. The Morgan fingerprint density at radius 1 is 1.60 bits per heavy atom. The maximum Gasteiger partial charge on any atom is 0.250 e. The highest BCUT2D eigenvalue weighted by atomic mass is 16.1. The molecule has 1 heterocycles. The summed E-state index contributed by atoms with van der Waals surface area (Å²) in [5, 5.41) is 0. The number of hydrogen-bond acceptors (Lipinski definition) is 1. The third-order valence-electron chi connectivity index (χ3n) is 1.35. The fourth-order valence-electron chi connectivity index (χ4n) is 0.796. The van der Waals surface area contributed by atoms with Gasteiger partial charge in [0.25, 0.3) is 5.56 Å². The van der Waals surface area contributed by atoms with E-state index in [-0.39, 0.29) is 11.6 Å². The van der Waals surface area contributed by atoms with Gasteiger partial charge in [-0.15, -0.1) is 0 Å². The number of aromatic nitrogens is 1. The highest BCUT2D eigenvalue weighted by Gasteiger charge is 1.95. The lowest BCUT2D eigenvalue weighted by atomic mass is 10.3. The van der Waals surface area contributed by atoms with E-state index in [4.69, 9.17) is 0 Å². The van der Waals surface area contributed by atoms with Crippen molar-refractivity contribution in [3.8, 4) is 0 Å². The van der Waals surface area contributed by atoms with Gasteiger partial charge in [0.05, 0.1) is 0 Å². The highest BCUT2D eigenvalue weighted by molar-refractivity contribution is 4.92. The molecule has 1 aromatic rings. The number of rotatable bonds is 1. The number of hydrogen-bond donors (Lipinski definition) is 0. The molecule has 1 aromatic heterocycles. The zero-order valence-corrected chi connectivity index (χ0v) is 6.16. The van der Waals surface area contributed by atoms with Crippen LogP contribution >= 0.6 is 0 Å². The molecular weight excluding hydrogens is 126 g/mol. The smallest absolute Gasteiger partial charge is 0.250 e. The number of pyridine rings is 1. The fourth-order valence-corrected chi connectivity index (χ4v) is 0.796. The second-order valence-corrected chi connectivity index (χ2v) is 2.47. The summed E-state index contributed by atoms with van der Waals surface area (Å²) in [7, 11) is 0. The first-order chi connectivity index (χ1) is 4.72. The van der Waals surface area contributed by atoms with E-state index in [1.807, 2.05) is 13.8 Å². The summed E-state index contributed by atoms with van der Waals surface area (Å²) >= 11 is 0. The average molecular weight is 136 g/mol. The Hall–Kier alpha value is -1.05. The van der Waals surface area contributed by atoms with E-state index in [9.17, 15) is 4.79 Å². The van der Waals surface area contributed by atoms with Crippen LogP contribution in [0.1, 0.15) is 19.9 Å². The molecule has 0 aromatic carbocycles. The lowest BCUT2D eigenvalue weighted by Crippen LogP contribution is -2.19. The molecule has 0 aliphatic rings. The van der Waals surface area contributed by atoms with Gasteiger partial charge in [-0.05, 0) is 26.0 Å². The molecule has 0 saturated heterocycles. The normalized spacial score (nSPS) is 10.3. The summed E-state index contributed by atoms with van der Waals surface area (Å²) in [6.07, 6.45) is 1.67. The predicted molar refractivity (Wildman–Crippen MR) is 39.9 cm³/mol. The third-order valence-corrected chi connectivity index (χ3v) is 1.35. The SMILES string of the molecule is CC(C)n1c[c]ccc1=O. The molecule has 0 aliphatic heterocycles. The van der Waals surface area contributed by atoms with Crippen molar-refractivity contribution >= 4 is 0 Å². The van der Waals surface area contributed by atoms with Crippen LogP contribution in [0, 0.1) is 6.07 Å². The van der Waals surface area contributed by atoms with E-state index in [0.29, 0.717) is 0 Å². The predicted octanol–water partition coefficient (Wildman–Crippen LogP) is 1.23. The molecule has 10 heavy (non-hydrogen) atoms. The van der Waals surface area contributed by atoms with Crippen molar-refractivity contribution in [2.45, 2.75) is 19.9 Å². The third kappa shape index (κ3) is 1.26. The van der Waals surface area contributed by atoms with Crippen LogP contribution in [-0.4, -0.2) is 4.57 Å². The Kier molecular flexibility index (Phi) is 1.90. The first kappa shape index (κ1) is 7.06. The molecule has 0 unspecified atom stereocenters. The summed E-state index contributed by atoms with van der Waals surface area (Å²) < 4.78 is 1.64. The molecule has 0 fully saturated rings. The summed E-state index contributed by atoms with van der Waals surface area (Å²) in [6.45, 7) is 3.94. The van der Waals surface area contributed by atoms with Crippen molar-refractivity contribution in [3.05, 3.63) is 34.7 Å². The molecule has 0 saturated carbocycles. The van der Waals surface area contributed by atoms with Crippen LogP contribution in [0.5, 0.6) is 0 Å². The van der Waals surface area contributed by atoms with Gasteiger partial charge in [0.1, 0.15) is 0 Å². The second-order valence-electron chi connectivity index (χ2n) is 2.47. The minimum Gasteiger partial charge on any atom is -0.312 e. The van der Waals surface area contributed by atoms with E-state index in [1.54, 1.807) is 16.8 Å². The summed E-state index contributed by atoms with van der Waals surface area (Å²) in [5.41, 5.74) is 0.0359. The first-order valence-corrected chi connectivity index (χ1v) is 3.30. The Bertz CT molecular complexity index is 262. The molecule has 1 radical (unpaired) electrons. The van der Waals surface area contributed by atoms with E-state index >= 15 is 0 Å². The standard InChI is InChI=1S/C8H10NO/c1-7(2)9-6-4-3-5-8(9)10/h3,5-7H,1-2H3. The van der Waals surface area contributed by atoms with Crippen molar-refractivity contribution in [2.75, 3.05) is 0 Å². The summed E-state index contributed by atoms with van der Waals surface area (Å²) in [4.78, 5) is 11.0. The zero-order chi connectivity index (χ0) is 7.56. The van der Waals surface area contributed by atoms with E-state index in [0.717, 1.165) is 0 Å². The lowest BCUT2D eigenvalue weighted by Gasteiger charge is -2.06. The Morgan fingerprint density at radius 3 is 2.70 bits per heavy atom. The van der Waals surface area contributed by atoms with Gasteiger partial charge in [-0.1, -0.05) is 0 Å². The van der Waals surface area contributed by atoms with Gasteiger partial charge in [-0.25, -0.2) is 0 Å². The van der Waals surface area contributed by atoms with Crippen molar-refractivity contribution in [3.63, 3.8) is 0 Å². The quantitative estimate of drug-likeness (QED) is 0.569. The molecular formula is C8H10NO. The molecule has 0 N–H and O–H groups in total. The van der Waals surface area contributed by atoms with Gasteiger partial charge < -0.3 is 4.57 Å². The second kappa shape index (κ2) is 2.69. The highest BCUT2D eigenvalue weighted by Crippen LogP contribution is 1.96. The Morgan fingerprint density at radius 2 is 2.30 bits per heavy atom. The molecule has 0 bridgehead atoms. The van der Waals surface area contributed by atoms with Crippen LogP contribution in [0.3, 0.4) is 0 Å². The van der Waals surface area contributed by atoms with Gasteiger partial charge in [-0.3, -0.25) is 4.79 Å². The Balaban J connectivity index is 3.16. The first-order valence-electron chi connectivity index (χ1n) is 3.30. The Labute approximate surface area is 60.1 Å². The maximum atomic E-state index is 11.0. The van der Waals surface area contributed by atoms with Crippen LogP contribution in [0.15, 0.2) is 23.1 Å². The van der Waals surface area contributed by atoms with Crippen molar-refractivity contribution in [1.29, 1.82) is 0 Å². The fraction of sp³-hybridized carbons (Fsp3) is 0.375. The van der Waals surface area contributed by atoms with Crippen molar-refractivity contribution < 1.29 is 0 Å². The minimum atomic E-state index is 0.0359. The largest absolute Gasteiger partial charge is 0.312 e. The lowest BCUT2D eigenvalue weighted by molar-refractivity contribution is 0.578. The molecule has 2 heteroatoms. The van der Waals surface area contributed by atoms with Gasteiger partial charge >= 0.3 is 0 Å². The van der Waals surface area contributed by atoms with E-state index < -0.39 is 0 Å². The van der Waals surface area contributed by atoms with Crippen LogP contribution in [0.2, 0.25) is 0 Å². The topological polar surface area (TPSA) is 22.0 Å². The van der Waals surface area contributed by atoms with E-state index in [1.165, 1.54) is 6.07 Å². The molecule has 0 spiro atoms. The van der Waals surface area contributed by atoms with Crippen LogP contribution < -0.4 is 5.56 Å². The van der Waals surface area contributed by atoms with Gasteiger partial charge in [0.2, 0.25) is 0 Å². The molecule has 0 aliphatic carbocycles.